The van der Waals surface area contributed by atoms with E-state index in [1.54, 1.807) is 20.8 Å². The van der Waals surface area contributed by atoms with Crippen LogP contribution in [0.4, 0.5) is 4.79 Å². The largest absolute Gasteiger partial charge is 0.481 e. The number of nitrogens with zero attached hydrogens (tertiary/aromatic N) is 1. The maximum atomic E-state index is 11.9. The highest BCUT2D eigenvalue weighted by Gasteiger charge is 2.20. The van der Waals surface area contributed by atoms with Gasteiger partial charge in [0.05, 0.1) is 13.0 Å². The fourth-order valence-corrected chi connectivity index (χ4v) is 1.78. The molecular formula is C13H24N2O5. The molecule has 0 bridgehead atoms. The fourth-order valence-electron chi connectivity index (χ4n) is 1.78. The third-order valence-electron chi connectivity index (χ3n) is 2.74. The van der Waals surface area contributed by atoms with Crippen molar-refractivity contribution in [2.45, 2.75) is 46.1 Å². The zero-order chi connectivity index (χ0) is 15.5. The Morgan fingerprint density at radius 1 is 1.30 bits per heavy atom. The molecule has 0 rings (SSSR count). The number of carbonyl (C=O) groups is 3. The van der Waals surface area contributed by atoms with Crippen LogP contribution in [0.5, 0.6) is 0 Å². The zero-order valence-corrected chi connectivity index (χ0v) is 12.3. The number of esters is 1. The topological polar surface area (TPSA) is 95.9 Å². The predicted molar refractivity (Wildman–Crippen MR) is 73.4 cm³/mol. The van der Waals surface area contributed by atoms with Gasteiger partial charge >= 0.3 is 18.0 Å². The molecular weight excluding hydrogens is 264 g/mol. The van der Waals surface area contributed by atoms with Gasteiger partial charge < -0.3 is 20.1 Å². The monoisotopic (exact) mass is 288 g/mol. The molecule has 0 aromatic carbocycles. The summed E-state index contributed by atoms with van der Waals surface area (Å²) in [5.74, 6) is -1.22. The van der Waals surface area contributed by atoms with Gasteiger partial charge in [0, 0.05) is 25.6 Å². The van der Waals surface area contributed by atoms with E-state index in [-0.39, 0.29) is 30.9 Å². The number of rotatable bonds is 9. The van der Waals surface area contributed by atoms with Gasteiger partial charge in [0.1, 0.15) is 0 Å². The van der Waals surface area contributed by atoms with Crippen molar-refractivity contribution in [2.75, 3.05) is 19.7 Å². The van der Waals surface area contributed by atoms with Crippen molar-refractivity contribution in [2.24, 2.45) is 0 Å². The van der Waals surface area contributed by atoms with Crippen LogP contribution < -0.4 is 5.32 Å². The number of carboxylic acids is 1. The standard InChI is InChI=1S/C13H24N2O5/c1-4-15(10(3)9-11(16)17)13(19)14-8-6-7-12(18)20-5-2/h10H,4-9H2,1-3H3,(H,14,19)(H,16,17). The number of ether oxygens (including phenoxy) is 1. The minimum absolute atomic E-state index is 0.0932. The highest BCUT2D eigenvalue weighted by molar-refractivity contribution is 5.76. The van der Waals surface area contributed by atoms with Crippen LogP contribution in [-0.2, 0) is 14.3 Å². The molecule has 7 nitrogen and oxygen atoms in total. The van der Waals surface area contributed by atoms with Crippen LogP contribution in [0, 0.1) is 0 Å². The number of carboxylic acid groups (broad SMARTS) is 1. The summed E-state index contributed by atoms with van der Waals surface area (Å²) >= 11 is 0. The van der Waals surface area contributed by atoms with Crippen molar-refractivity contribution in [3.8, 4) is 0 Å². The van der Waals surface area contributed by atoms with Crippen molar-refractivity contribution in [1.82, 2.24) is 10.2 Å². The van der Waals surface area contributed by atoms with Gasteiger partial charge in [-0.3, -0.25) is 9.59 Å². The van der Waals surface area contributed by atoms with Crippen LogP contribution in [0.15, 0.2) is 0 Å². The van der Waals surface area contributed by atoms with E-state index in [0.717, 1.165) is 0 Å². The molecule has 0 spiro atoms. The van der Waals surface area contributed by atoms with E-state index in [1.807, 2.05) is 0 Å². The van der Waals surface area contributed by atoms with Crippen molar-refractivity contribution >= 4 is 18.0 Å². The Morgan fingerprint density at radius 3 is 2.45 bits per heavy atom. The number of aliphatic carboxylic acids is 1. The Hall–Kier alpha value is -1.79. The number of hydrogen-bond donors (Lipinski definition) is 2. The van der Waals surface area contributed by atoms with Gasteiger partial charge in [0.25, 0.3) is 0 Å². The first-order valence-corrected chi connectivity index (χ1v) is 6.84. The van der Waals surface area contributed by atoms with Crippen LogP contribution >= 0.6 is 0 Å². The Bertz CT molecular complexity index is 333. The quantitative estimate of drug-likeness (QED) is 0.491. The number of urea groups is 1. The van der Waals surface area contributed by atoms with E-state index < -0.39 is 5.97 Å². The van der Waals surface area contributed by atoms with E-state index in [4.69, 9.17) is 9.84 Å². The van der Waals surface area contributed by atoms with Crippen molar-refractivity contribution in [3.63, 3.8) is 0 Å². The zero-order valence-electron chi connectivity index (χ0n) is 12.3. The first-order valence-electron chi connectivity index (χ1n) is 6.84. The van der Waals surface area contributed by atoms with Gasteiger partial charge in [-0.1, -0.05) is 0 Å². The Labute approximate surface area is 119 Å². The summed E-state index contributed by atoms with van der Waals surface area (Å²) in [5.41, 5.74) is 0. The molecule has 7 heteroatoms. The molecule has 116 valence electrons. The van der Waals surface area contributed by atoms with Gasteiger partial charge in [0.2, 0.25) is 0 Å². The number of nitrogens with one attached hydrogen (secondary N) is 1. The normalized spacial score (nSPS) is 11.6. The predicted octanol–water partition coefficient (Wildman–Crippen LogP) is 1.22. The molecule has 0 aromatic rings. The molecule has 0 radical (unpaired) electrons. The molecule has 0 aliphatic carbocycles. The lowest BCUT2D eigenvalue weighted by atomic mass is 10.2. The molecule has 0 heterocycles. The van der Waals surface area contributed by atoms with Gasteiger partial charge in [-0.25, -0.2) is 4.79 Å². The minimum atomic E-state index is -0.939. The molecule has 2 amide bonds. The molecule has 0 saturated heterocycles. The first-order chi connectivity index (χ1) is 9.42. The molecule has 0 fully saturated rings. The molecule has 20 heavy (non-hydrogen) atoms. The van der Waals surface area contributed by atoms with E-state index in [2.05, 4.69) is 5.32 Å². The SMILES string of the molecule is CCOC(=O)CCCNC(=O)N(CC)C(C)CC(=O)O. The third-order valence-corrected chi connectivity index (χ3v) is 2.74. The van der Waals surface area contributed by atoms with Crippen LogP contribution in [0.3, 0.4) is 0 Å². The van der Waals surface area contributed by atoms with Gasteiger partial charge in [-0.05, 0) is 27.2 Å². The fraction of sp³-hybridized carbons (Fsp3) is 0.769. The second kappa shape index (κ2) is 10.1. The number of amides is 2. The summed E-state index contributed by atoms with van der Waals surface area (Å²) in [6, 6.07) is -0.687. The van der Waals surface area contributed by atoms with Gasteiger partial charge in [0.15, 0.2) is 0 Å². The molecule has 0 saturated carbocycles. The second-order valence-electron chi connectivity index (χ2n) is 4.37. The first kappa shape index (κ1) is 18.2. The maximum absolute atomic E-state index is 11.9. The molecule has 0 aliphatic heterocycles. The van der Waals surface area contributed by atoms with Crippen molar-refractivity contribution < 1.29 is 24.2 Å². The summed E-state index contributed by atoms with van der Waals surface area (Å²) in [6.07, 6.45) is 0.657. The molecule has 2 N–H and O–H groups in total. The van der Waals surface area contributed by atoms with E-state index in [1.165, 1.54) is 4.90 Å². The summed E-state index contributed by atoms with van der Waals surface area (Å²) < 4.78 is 4.77. The average molecular weight is 288 g/mol. The molecule has 1 atom stereocenters. The molecule has 0 aromatic heterocycles. The van der Waals surface area contributed by atoms with Crippen LogP contribution in [0.1, 0.15) is 40.0 Å². The summed E-state index contributed by atoms with van der Waals surface area (Å²) in [6.45, 7) is 6.35. The highest BCUT2D eigenvalue weighted by Crippen LogP contribution is 2.04. The third kappa shape index (κ3) is 7.60. The van der Waals surface area contributed by atoms with E-state index in [0.29, 0.717) is 26.1 Å². The highest BCUT2D eigenvalue weighted by atomic mass is 16.5. The van der Waals surface area contributed by atoms with Crippen molar-refractivity contribution in [3.05, 3.63) is 0 Å². The van der Waals surface area contributed by atoms with Gasteiger partial charge in [-0.15, -0.1) is 0 Å². The Morgan fingerprint density at radius 2 is 1.95 bits per heavy atom. The summed E-state index contributed by atoms with van der Waals surface area (Å²) in [7, 11) is 0. The van der Waals surface area contributed by atoms with Crippen LogP contribution in [0.2, 0.25) is 0 Å². The summed E-state index contributed by atoms with van der Waals surface area (Å²) in [4.78, 5) is 35.1. The molecule has 0 aliphatic rings. The van der Waals surface area contributed by atoms with E-state index in [9.17, 15) is 14.4 Å². The maximum Gasteiger partial charge on any atom is 0.317 e. The summed E-state index contributed by atoms with van der Waals surface area (Å²) in [5, 5.41) is 11.4. The van der Waals surface area contributed by atoms with Crippen LogP contribution in [0.25, 0.3) is 0 Å². The Kier molecular flexibility index (Phi) is 9.15. The number of hydrogen-bond acceptors (Lipinski definition) is 4. The smallest absolute Gasteiger partial charge is 0.317 e. The van der Waals surface area contributed by atoms with E-state index >= 15 is 0 Å². The lowest BCUT2D eigenvalue weighted by molar-refractivity contribution is -0.143. The Balaban J connectivity index is 4.04. The second-order valence-corrected chi connectivity index (χ2v) is 4.37. The average Bonchev–Trinajstić information content (AvgIpc) is 2.35. The minimum Gasteiger partial charge on any atom is -0.481 e. The van der Waals surface area contributed by atoms with Crippen molar-refractivity contribution in [1.29, 1.82) is 0 Å². The lowest BCUT2D eigenvalue weighted by Crippen LogP contribution is -2.45. The lowest BCUT2D eigenvalue weighted by Gasteiger charge is -2.27. The van der Waals surface area contributed by atoms with Crippen LogP contribution in [-0.4, -0.2) is 53.7 Å². The van der Waals surface area contributed by atoms with Gasteiger partial charge in [-0.2, -0.15) is 0 Å². The molecule has 1 unspecified atom stereocenters. The number of carbonyl (C=O) groups excluding carboxylic acids is 2.